The van der Waals surface area contributed by atoms with Crippen molar-refractivity contribution < 1.29 is 9.53 Å². The van der Waals surface area contributed by atoms with Gasteiger partial charge in [-0.25, -0.2) is 0 Å². The zero-order valence-corrected chi connectivity index (χ0v) is 13.0. The van der Waals surface area contributed by atoms with Crippen LogP contribution in [-0.2, 0) is 4.79 Å². The average molecular weight is 319 g/mol. The van der Waals surface area contributed by atoms with Crippen molar-refractivity contribution in [2.45, 2.75) is 0 Å². The highest BCUT2D eigenvalue weighted by Gasteiger charge is 2.24. The fourth-order valence-electron chi connectivity index (χ4n) is 2.53. The summed E-state index contributed by atoms with van der Waals surface area (Å²) in [4.78, 5) is 13.1. The molecular formula is C19H13NO2S. The second-order valence-electron chi connectivity index (χ2n) is 5.12. The minimum absolute atomic E-state index is 0.0785. The summed E-state index contributed by atoms with van der Waals surface area (Å²) in [5.74, 6) is 1.46. The lowest BCUT2D eigenvalue weighted by Gasteiger charge is -2.05. The molecule has 0 atom stereocenters. The smallest absolute Gasteiger partial charge is 0.256 e. The van der Waals surface area contributed by atoms with Crippen LogP contribution in [0.5, 0.6) is 11.5 Å². The van der Waals surface area contributed by atoms with Crippen molar-refractivity contribution in [2.24, 2.45) is 0 Å². The molecule has 0 radical (unpaired) electrons. The van der Waals surface area contributed by atoms with Gasteiger partial charge >= 0.3 is 0 Å². The van der Waals surface area contributed by atoms with Gasteiger partial charge in [0.25, 0.3) is 5.91 Å². The number of carbonyl (C=O) groups is 1. The van der Waals surface area contributed by atoms with Gasteiger partial charge in [0, 0.05) is 11.3 Å². The summed E-state index contributed by atoms with van der Waals surface area (Å²) in [5.41, 5.74) is 2.45. The fraction of sp³-hybridized carbons (Fsp3) is 0. The fourth-order valence-corrected chi connectivity index (χ4v) is 3.28. The lowest BCUT2D eigenvalue weighted by atomic mass is 10.1. The van der Waals surface area contributed by atoms with Crippen LogP contribution in [0, 0.1) is 0 Å². The molecule has 3 nitrogen and oxygen atoms in total. The Labute approximate surface area is 137 Å². The van der Waals surface area contributed by atoms with Gasteiger partial charge in [-0.15, -0.1) is 11.3 Å². The zero-order valence-electron chi connectivity index (χ0n) is 12.2. The first-order valence-corrected chi connectivity index (χ1v) is 8.12. The number of hydrogen-bond donors (Lipinski definition) is 1. The summed E-state index contributed by atoms with van der Waals surface area (Å²) in [5, 5.41) is 4.85. The molecule has 0 aliphatic carbocycles. The van der Waals surface area contributed by atoms with Crippen LogP contribution in [0.4, 0.5) is 5.69 Å². The number of benzene rings is 2. The molecule has 4 rings (SSSR count). The molecule has 23 heavy (non-hydrogen) atoms. The number of carbonyl (C=O) groups excluding carboxylic acids is 1. The maximum Gasteiger partial charge on any atom is 0.256 e. The second-order valence-corrected chi connectivity index (χ2v) is 6.07. The summed E-state index contributed by atoms with van der Waals surface area (Å²) in [6.07, 6.45) is 1.89. The van der Waals surface area contributed by atoms with Crippen molar-refractivity contribution in [1.82, 2.24) is 0 Å². The van der Waals surface area contributed by atoms with E-state index in [4.69, 9.17) is 4.74 Å². The van der Waals surface area contributed by atoms with Gasteiger partial charge < -0.3 is 10.1 Å². The first-order valence-electron chi connectivity index (χ1n) is 7.24. The summed E-state index contributed by atoms with van der Waals surface area (Å²) < 4.78 is 5.92. The molecule has 0 saturated heterocycles. The van der Waals surface area contributed by atoms with Crippen LogP contribution in [0.2, 0.25) is 0 Å². The van der Waals surface area contributed by atoms with Crippen LogP contribution in [0.25, 0.3) is 11.6 Å². The Bertz CT molecular complexity index is 896. The third kappa shape index (κ3) is 2.64. The van der Waals surface area contributed by atoms with E-state index in [0.29, 0.717) is 5.57 Å². The van der Waals surface area contributed by atoms with Crippen molar-refractivity contribution in [3.05, 3.63) is 76.5 Å². The number of hydrogen-bond acceptors (Lipinski definition) is 3. The third-order valence-electron chi connectivity index (χ3n) is 3.61. The van der Waals surface area contributed by atoms with E-state index in [1.54, 1.807) is 11.3 Å². The maximum absolute atomic E-state index is 12.2. The number of amides is 1. The number of thiophene rings is 1. The van der Waals surface area contributed by atoms with Crippen LogP contribution in [0.3, 0.4) is 0 Å². The molecular weight excluding hydrogens is 306 g/mol. The lowest BCUT2D eigenvalue weighted by molar-refractivity contribution is -0.110. The molecule has 2 aromatic carbocycles. The van der Waals surface area contributed by atoms with E-state index in [1.165, 1.54) is 0 Å². The number of nitrogens with one attached hydrogen (secondary N) is 1. The van der Waals surface area contributed by atoms with E-state index < -0.39 is 0 Å². The molecule has 112 valence electrons. The number of para-hydroxylation sites is 2. The van der Waals surface area contributed by atoms with Gasteiger partial charge in [0.05, 0.1) is 10.5 Å². The molecule has 0 bridgehead atoms. The quantitative estimate of drug-likeness (QED) is 0.687. The summed E-state index contributed by atoms with van der Waals surface area (Å²) >= 11 is 1.55. The molecule has 1 aromatic heterocycles. The molecule has 1 amide bonds. The van der Waals surface area contributed by atoms with E-state index in [9.17, 15) is 4.79 Å². The Kier molecular flexibility index (Phi) is 3.44. The molecule has 1 N–H and O–H groups in total. The maximum atomic E-state index is 12.2. The van der Waals surface area contributed by atoms with Crippen molar-refractivity contribution in [3.63, 3.8) is 0 Å². The molecule has 1 aliphatic rings. The van der Waals surface area contributed by atoms with Crippen molar-refractivity contribution in [1.29, 1.82) is 0 Å². The van der Waals surface area contributed by atoms with E-state index in [2.05, 4.69) is 5.32 Å². The molecule has 1 aliphatic heterocycles. The molecule has 3 aromatic rings. The number of fused-ring (bicyclic) bond motifs is 1. The van der Waals surface area contributed by atoms with E-state index >= 15 is 0 Å². The minimum Gasteiger partial charge on any atom is -0.456 e. The monoisotopic (exact) mass is 319 g/mol. The van der Waals surface area contributed by atoms with E-state index in [1.807, 2.05) is 72.1 Å². The highest BCUT2D eigenvalue weighted by Crippen LogP contribution is 2.37. The standard InChI is InChI=1S/C19H13NO2S/c21-19-15(14-8-4-5-9-16(14)20-19)12-18-17(10-11-23-18)22-13-6-2-1-3-7-13/h1-12H,(H,20,21)/b15-12+. The summed E-state index contributed by atoms with van der Waals surface area (Å²) in [7, 11) is 0. The lowest BCUT2D eigenvalue weighted by Crippen LogP contribution is -2.03. The second kappa shape index (κ2) is 5.74. The Balaban J connectivity index is 1.70. The molecule has 0 spiro atoms. The van der Waals surface area contributed by atoms with Gasteiger partial charge in [0.1, 0.15) is 11.5 Å². The topological polar surface area (TPSA) is 38.3 Å². The van der Waals surface area contributed by atoms with Gasteiger partial charge in [-0.2, -0.15) is 0 Å². The molecule has 0 unspecified atom stereocenters. The SMILES string of the molecule is O=C1Nc2ccccc2/C1=C\c1sccc1Oc1ccccc1. The minimum atomic E-state index is -0.0785. The first kappa shape index (κ1) is 13.8. The van der Waals surface area contributed by atoms with Gasteiger partial charge in [-0.3, -0.25) is 4.79 Å². The Morgan fingerprint density at radius 3 is 2.61 bits per heavy atom. The highest BCUT2D eigenvalue weighted by atomic mass is 32.1. The molecule has 0 saturated carbocycles. The average Bonchev–Trinajstić information content (AvgIpc) is 3.14. The Morgan fingerprint density at radius 1 is 0.957 bits per heavy atom. The summed E-state index contributed by atoms with van der Waals surface area (Å²) in [6.45, 7) is 0. The van der Waals surface area contributed by atoms with Gasteiger partial charge in [0.2, 0.25) is 0 Å². The van der Waals surface area contributed by atoms with E-state index in [0.717, 1.165) is 27.6 Å². The number of ether oxygens (including phenoxy) is 1. The largest absolute Gasteiger partial charge is 0.456 e. The van der Waals surface area contributed by atoms with Crippen LogP contribution in [0.15, 0.2) is 66.0 Å². The third-order valence-corrected chi connectivity index (χ3v) is 4.46. The van der Waals surface area contributed by atoms with Crippen molar-refractivity contribution in [2.75, 3.05) is 5.32 Å². The van der Waals surface area contributed by atoms with E-state index in [-0.39, 0.29) is 5.91 Å². The van der Waals surface area contributed by atoms with Crippen LogP contribution in [0.1, 0.15) is 10.4 Å². The van der Waals surface area contributed by atoms with Crippen molar-refractivity contribution in [3.8, 4) is 11.5 Å². The highest BCUT2D eigenvalue weighted by molar-refractivity contribution is 7.11. The van der Waals surface area contributed by atoms with Crippen LogP contribution >= 0.6 is 11.3 Å². The van der Waals surface area contributed by atoms with Gasteiger partial charge in [-0.1, -0.05) is 36.4 Å². The molecule has 2 heterocycles. The normalized spacial score (nSPS) is 14.6. The van der Waals surface area contributed by atoms with Gasteiger partial charge in [-0.05, 0) is 35.7 Å². The Hall–Kier alpha value is -2.85. The Morgan fingerprint density at radius 2 is 1.74 bits per heavy atom. The predicted molar refractivity (Wildman–Crippen MR) is 93.8 cm³/mol. The number of rotatable bonds is 3. The van der Waals surface area contributed by atoms with Crippen LogP contribution in [-0.4, -0.2) is 5.91 Å². The van der Waals surface area contributed by atoms with Crippen LogP contribution < -0.4 is 10.1 Å². The van der Waals surface area contributed by atoms with Crippen molar-refractivity contribution >= 4 is 34.6 Å². The number of anilines is 1. The first-order chi connectivity index (χ1) is 11.3. The predicted octanol–water partition coefficient (Wildman–Crippen LogP) is 5.03. The zero-order chi connectivity index (χ0) is 15.6. The molecule has 4 heteroatoms. The molecule has 0 fully saturated rings. The van der Waals surface area contributed by atoms with Gasteiger partial charge in [0.15, 0.2) is 0 Å². The summed E-state index contributed by atoms with van der Waals surface area (Å²) in [6, 6.07) is 19.2.